The van der Waals surface area contributed by atoms with Crippen molar-refractivity contribution in [2.75, 3.05) is 20.3 Å². The molecule has 0 N–H and O–H groups in total. The Morgan fingerprint density at radius 2 is 1.31 bits per heavy atom. The van der Waals surface area contributed by atoms with Gasteiger partial charge in [0.05, 0.1) is 20.3 Å². The molecule has 0 aliphatic carbocycles. The summed E-state index contributed by atoms with van der Waals surface area (Å²) in [6, 6.07) is 10.3. The van der Waals surface area contributed by atoms with Gasteiger partial charge in [-0.1, -0.05) is 58.4 Å². The Morgan fingerprint density at radius 1 is 0.654 bits per heavy atom. The van der Waals surface area contributed by atoms with Crippen molar-refractivity contribution < 1.29 is 14.2 Å². The molecule has 0 spiro atoms. The Balaban J connectivity index is 2.01. The van der Waals surface area contributed by atoms with Gasteiger partial charge >= 0.3 is 0 Å². The first kappa shape index (κ1) is 20.4. The number of benzene rings is 2. The second-order valence-corrected chi connectivity index (χ2v) is 6.83. The zero-order valence-electron chi connectivity index (χ0n) is 16.7. The van der Waals surface area contributed by atoms with Gasteiger partial charge in [-0.25, -0.2) is 0 Å². The molecule has 144 valence electrons. The molecule has 0 unspecified atom stereocenters. The van der Waals surface area contributed by atoms with Crippen molar-refractivity contribution >= 4 is 10.8 Å². The summed E-state index contributed by atoms with van der Waals surface area (Å²) in [4.78, 5) is 0. The van der Waals surface area contributed by atoms with Gasteiger partial charge in [-0.3, -0.25) is 0 Å². The standard InChI is InChI=1S/C23H34O3/c1-4-6-8-10-14-25-21-13-12-19-17-22(24-3)23(18-20(19)16-21)26-15-11-9-7-5-2/h12-13,16-18H,4-11,14-15H2,1-3H3. The number of hydrogen-bond donors (Lipinski definition) is 0. The minimum atomic E-state index is 0.732. The lowest BCUT2D eigenvalue weighted by atomic mass is 10.1. The number of unbranched alkanes of at least 4 members (excludes halogenated alkanes) is 6. The van der Waals surface area contributed by atoms with Crippen molar-refractivity contribution in [2.24, 2.45) is 0 Å². The summed E-state index contributed by atoms with van der Waals surface area (Å²) < 4.78 is 17.4. The largest absolute Gasteiger partial charge is 0.494 e. The Bertz CT molecular complexity index is 651. The number of ether oxygens (including phenoxy) is 3. The van der Waals surface area contributed by atoms with Gasteiger partial charge in [0.1, 0.15) is 5.75 Å². The van der Waals surface area contributed by atoms with Crippen LogP contribution >= 0.6 is 0 Å². The van der Waals surface area contributed by atoms with Crippen LogP contribution in [0.1, 0.15) is 65.2 Å². The molecule has 0 aliphatic heterocycles. The Kier molecular flexibility index (Phi) is 9.16. The molecule has 3 heteroatoms. The summed E-state index contributed by atoms with van der Waals surface area (Å²) in [5, 5.41) is 2.26. The molecule has 2 rings (SSSR count). The third kappa shape index (κ3) is 6.44. The molecular formula is C23H34O3. The van der Waals surface area contributed by atoms with E-state index < -0.39 is 0 Å². The summed E-state index contributed by atoms with van der Waals surface area (Å²) >= 11 is 0. The summed E-state index contributed by atoms with van der Waals surface area (Å²) in [7, 11) is 1.69. The molecule has 0 atom stereocenters. The highest BCUT2D eigenvalue weighted by Crippen LogP contribution is 2.34. The first-order valence-electron chi connectivity index (χ1n) is 10.2. The molecule has 3 nitrogen and oxygen atoms in total. The van der Waals surface area contributed by atoms with Crippen LogP contribution < -0.4 is 14.2 Å². The summed E-state index contributed by atoms with van der Waals surface area (Å²) in [6.45, 7) is 5.95. The van der Waals surface area contributed by atoms with Crippen LogP contribution in [-0.4, -0.2) is 20.3 Å². The third-order valence-electron chi connectivity index (χ3n) is 4.62. The van der Waals surface area contributed by atoms with Crippen LogP contribution in [0.5, 0.6) is 17.2 Å². The first-order chi connectivity index (χ1) is 12.8. The van der Waals surface area contributed by atoms with Gasteiger partial charge in [0.25, 0.3) is 0 Å². The van der Waals surface area contributed by atoms with Crippen LogP contribution in [-0.2, 0) is 0 Å². The van der Waals surface area contributed by atoms with Crippen LogP contribution in [0.2, 0.25) is 0 Å². The lowest BCUT2D eigenvalue weighted by molar-refractivity contribution is 0.285. The number of hydrogen-bond acceptors (Lipinski definition) is 3. The van der Waals surface area contributed by atoms with Gasteiger partial charge in [-0.2, -0.15) is 0 Å². The van der Waals surface area contributed by atoms with Gasteiger partial charge in [0, 0.05) is 0 Å². The van der Waals surface area contributed by atoms with E-state index in [4.69, 9.17) is 14.2 Å². The molecule has 0 bridgehead atoms. The second-order valence-electron chi connectivity index (χ2n) is 6.83. The summed E-state index contributed by atoms with van der Waals surface area (Å²) in [5.74, 6) is 2.53. The average Bonchev–Trinajstić information content (AvgIpc) is 2.67. The van der Waals surface area contributed by atoms with Gasteiger partial charge < -0.3 is 14.2 Å². The van der Waals surface area contributed by atoms with Crippen molar-refractivity contribution in [3.8, 4) is 17.2 Å². The highest BCUT2D eigenvalue weighted by atomic mass is 16.5. The molecule has 0 saturated heterocycles. The molecule has 0 amide bonds. The third-order valence-corrected chi connectivity index (χ3v) is 4.62. The Labute approximate surface area is 158 Å². The molecule has 0 aromatic heterocycles. The molecule has 2 aromatic carbocycles. The monoisotopic (exact) mass is 358 g/mol. The summed E-state index contributed by atoms with van der Waals surface area (Å²) in [6.07, 6.45) is 9.66. The van der Waals surface area contributed by atoms with Crippen molar-refractivity contribution in [3.05, 3.63) is 30.3 Å². The van der Waals surface area contributed by atoms with E-state index in [1.807, 2.05) is 12.1 Å². The molecule has 0 fully saturated rings. The highest BCUT2D eigenvalue weighted by Gasteiger charge is 2.08. The molecule has 2 aromatic rings. The average molecular weight is 359 g/mol. The normalized spacial score (nSPS) is 10.9. The maximum atomic E-state index is 5.98. The van der Waals surface area contributed by atoms with Crippen LogP contribution in [0.3, 0.4) is 0 Å². The Hall–Kier alpha value is -1.90. The van der Waals surface area contributed by atoms with Crippen molar-refractivity contribution in [3.63, 3.8) is 0 Å². The predicted octanol–water partition coefficient (Wildman–Crippen LogP) is 6.77. The van der Waals surface area contributed by atoms with Crippen molar-refractivity contribution in [1.82, 2.24) is 0 Å². The lowest BCUT2D eigenvalue weighted by Gasteiger charge is -2.13. The highest BCUT2D eigenvalue weighted by molar-refractivity contribution is 5.87. The van der Waals surface area contributed by atoms with E-state index >= 15 is 0 Å². The molecule has 0 aliphatic rings. The van der Waals surface area contributed by atoms with Gasteiger partial charge in [0.15, 0.2) is 11.5 Å². The number of fused-ring (bicyclic) bond motifs is 1. The maximum Gasteiger partial charge on any atom is 0.161 e. The van der Waals surface area contributed by atoms with E-state index in [1.54, 1.807) is 7.11 Å². The lowest BCUT2D eigenvalue weighted by Crippen LogP contribution is -2.00. The quantitative estimate of drug-likeness (QED) is 0.370. The minimum absolute atomic E-state index is 0.732. The first-order valence-corrected chi connectivity index (χ1v) is 10.2. The Morgan fingerprint density at radius 3 is 1.96 bits per heavy atom. The van der Waals surface area contributed by atoms with E-state index in [1.165, 1.54) is 38.5 Å². The molecule has 26 heavy (non-hydrogen) atoms. The predicted molar refractivity (Wildman–Crippen MR) is 110 cm³/mol. The van der Waals surface area contributed by atoms with E-state index in [2.05, 4.69) is 32.0 Å². The number of methoxy groups -OCH3 is 1. The van der Waals surface area contributed by atoms with E-state index in [0.717, 1.165) is 54.1 Å². The van der Waals surface area contributed by atoms with E-state index in [0.29, 0.717) is 0 Å². The molecule has 0 saturated carbocycles. The molecule has 0 heterocycles. The van der Waals surface area contributed by atoms with Gasteiger partial charge in [0.2, 0.25) is 0 Å². The van der Waals surface area contributed by atoms with Crippen LogP contribution in [0.25, 0.3) is 10.8 Å². The fourth-order valence-electron chi connectivity index (χ4n) is 3.03. The zero-order chi connectivity index (χ0) is 18.6. The smallest absolute Gasteiger partial charge is 0.161 e. The molecular weight excluding hydrogens is 324 g/mol. The van der Waals surface area contributed by atoms with Crippen LogP contribution in [0.15, 0.2) is 30.3 Å². The minimum Gasteiger partial charge on any atom is -0.494 e. The SMILES string of the molecule is CCCCCCOc1ccc2cc(OC)c(OCCCCCC)cc2c1. The van der Waals surface area contributed by atoms with Crippen LogP contribution in [0.4, 0.5) is 0 Å². The number of rotatable bonds is 13. The molecule has 0 radical (unpaired) electrons. The second kappa shape index (κ2) is 11.7. The zero-order valence-corrected chi connectivity index (χ0v) is 16.7. The summed E-state index contributed by atoms with van der Waals surface area (Å²) in [5.41, 5.74) is 0. The van der Waals surface area contributed by atoms with Crippen molar-refractivity contribution in [2.45, 2.75) is 65.2 Å². The van der Waals surface area contributed by atoms with Crippen molar-refractivity contribution in [1.29, 1.82) is 0 Å². The fourth-order valence-corrected chi connectivity index (χ4v) is 3.03. The topological polar surface area (TPSA) is 27.7 Å². The van der Waals surface area contributed by atoms with Crippen LogP contribution in [0, 0.1) is 0 Å². The van der Waals surface area contributed by atoms with Gasteiger partial charge in [-0.15, -0.1) is 0 Å². The van der Waals surface area contributed by atoms with Gasteiger partial charge in [-0.05, 0) is 47.9 Å². The maximum absolute atomic E-state index is 5.98. The van der Waals surface area contributed by atoms with E-state index in [9.17, 15) is 0 Å². The fraction of sp³-hybridized carbons (Fsp3) is 0.565. The van der Waals surface area contributed by atoms with E-state index in [-0.39, 0.29) is 0 Å².